The molecular weight excluding hydrogens is 309 g/mol. The summed E-state index contributed by atoms with van der Waals surface area (Å²) in [6, 6.07) is 6.04. The Hall–Kier alpha value is -2.50. The van der Waals surface area contributed by atoms with E-state index < -0.39 is 0 Å². The first-order valence-electron chi connectivity index (χ1n) is 8.07. The standard InChI is InChI=1S/C18H20FN3O2/c1-11-12(2)20-17(21-18(11)24)15-8-5-9-22(15)16(23)10-13-6-3-4-7-14(13)19/h3-4,6-7,15H,5,8-10H2,1-2H3,(H,20,21,24)/t15-/m0/s1. The first kappa shape index (κ1) is 16.4. The number of aromatic nitrogens is 2. The lowest BCUT2D eigenvalue weighted by molar-refractivity contribution is -0.131. The third kappa shape index (κ3) is 3.09. The summed E-state index contributed by atoms with van der Waals surface area (Å²) >= 11 is 0. The van der Waals surface area contributed by atoms with Crippen molar-refractivity contribution < 1.29 is 9.18 Å². The number of rotatable bonds is 3. The van der Waals surface area contributed by atoms with Gasteiger partial charge in [0, 0.05) is 17.8 Å². The molecular formula is C18H20FN3O2. The number of carbonyl (C=O) groups is 1. The lowest BCUT2D eigenvalue weighted by Gasteiger charge is -2.24. The molecule has 0 radical (unpaired) electrons. The Labute approximate surface area is 139 Å². The Morgan fingerprint density at radius 3 is 2.83 bits per heavy atom. The molecule has 6 heteroatoms. The largest absolute Gasteiger partial charge is 0.332 e. The Kier molecular flexibility index (Phi) is 4.46. The highest BCUT2D eigenvalue weighted by Crippen LogP contribution is 2.30. The van der Waals surface area contributed by atoms with E-state index in [4.69, 9.17) is 0 Å². The van der Waals surface area contributed by atoms with Gasteiger partial charge in [-0.3, -0.25) is 9.59 Å². The smallest absolute Gasteiger partial charge is 0.254 e. The van der Waals surface area contributed by atoms with Crippen LogP contribution >= 0.6 is 0 Å². The second-order valence-electron chi connectivity index (χ2n) is 6.17. The molecule has 1 fully saturated rings. The van der Waals surface area contributed by atoms with Gasteiger partial charge in [-0.05, 0) is 38.3 Å². The van der Waals surface area contributed by atoms with Crippen LogP contribution in [0, 0.1) is 19.7 Å². The van der Waals surface area contributed by atoms with Crippen molar-refractivity contribution in [2.75, 3.05) is 6.54 Å². The number of likely N-dealkylation sites (tertiary alicyclic amines) is 1. The molecule has 1 aliphatic rings. The number of nitrogens with zero attached hydrogens (tertiary/aromatic N) is 2. The second-order valence-corrected chi connectivity index (χ2v) is 6.17. The zero-order valence-electron chi connectivity index (χ0n) is 13.8. The van der Waals surface area contributed by atoms with Gasteiger partial charge < -0.3 is 9.88 Å². The monoisotopic (exact) mass is 329 g/mol. The maximum absolute atomic E-state index is 13.8. The highest BCUT2D eigenvalue weighted by atomic mass is 19.1. The molecule has 24 heavy (non-hydrogen) atoms. The molecule has 0 bridgehead atoms. The minimum absolute atomic E-state index is 0.0122. The fourth-order valence-corrected chi connectivity index (χ4v) is 3.08. The van der Waals surface area contributed by atoms with Gasteiger partial charge in [-0.2, -0.15) is 0 Å². The number of nitrogens with one attached hydrogen (secondary N) is 1. The third-order valence-electron chi connectivity index (χ3n) is 4.60. The highest BCUT2D eigenvalue weighted by Gasteiger charge is 2.32. The summed E-state index contributed by atoms with van der Waals surface area (Å²) in [4.78, 5) is 33.5. The van der Waals surface area contributed by atoms with Crippen LogP contribution in [0.2, 0.25) is 0 Å². The van der Waals surface area contributed by atoms with Crippen LogP contribution in [-0.2, 0) is 11.2 Å². The summed E-state index contributed by atoms with van der Waals surface area (Å²) in [6.07, 6.45) is 1.59. The van der Waals surface area contributed by atoms with E-state index in [9.17, 15) is 14.0 Å². The molecule has 1 atom stereocenters. The molecule has 1 aromatic carbocycles. The summed E-state index contributed by atoms with van der Waals surface area (Å²) in [6.45, 7) is 4.10. The molecule has 5 nitrogen and oxygen atoms in total. The van der Waals surface area contributed by atoms with E-state index >= 15 is 0 Å². The van der Waals surface area contributed by atoms with Crippen molar-refractivity contribution in [2.24, 2.45) is 0 Å². The van der Waals surface area contributed by atoms with E-state index in [0.717, 1.165) is 12.8 Å². The van der Waals surface area contributed by atoms with E-state index in [1.165, 1.54) is 6.07 Å². The molecule has 1 aromatic heterocycles. The predicted octanol–water partition coefficient (Wildman–Crippen LogP) is 2.43. The van der Waals surface area contributed by atoms with Crippen molar-refractivity contribution in [1.82, 2.24) is 14.9 Å². The van der Waals surface area contributed by atoms with Crippen molar-refractivity contribution in [3.63, 3.8) is 0 Å². The minimum Gasteiger partial charge on any atom is -0.332 e. The molecule has 2 aromatic rings. The van der Waals surface area contributed by atoms with Gasteiger partial charge in [0.1, 0.15) is 11.6 Å². The number of hydrogen-bond acceptors (Lipinski definition) is 3. The summed E-state index contributed by atoms with van der Waals surface area (Å²) < 4.78 is 13.8. The molecule has 2 heterocycles. The van der Waals surface area contributed by atoms with Gasteiger partial charge in [-0.1, -0.05) is 18.2 Å². The molecule has 1 N–H and O–H groups in total. The maximum Gasteiger partial charge on any atom is 0.254 e. The first-order chi connectivity index (χ1) is 11.5. The van der Waals surface area contributed by atoms with Crippen molar-refractivity contribution >= 4 is 5.91 Å². The van der Waals surface area contributed by atoms with Crippen molar-refractivity contribution in [2.45, 2.75) is 39.2 Å². The highest BCUT2D eigenvalue weighted by molar-refractivity contribution is 5.79. The first-order valence-corrected chi connectivity index (χ1v) is 8.07. The van der Waals surface area contributed by atoms with Gasteiger partial charge in [0.15, 0.2) is 0 Å². The molecule has 1 saturated heterocycles. The van der Waals surface area contributed by atoms with Gasteiger partial charge in [-0.25, -0.2) is 9.37 Å². The van der Waals surface area contributed by atoms with Crippen LogP contribution in [0.3, 0.4) is 0 Å². The zero-order valence-corrected chi connectivity index (χ0v) is 13.8. The van der Waals surface area contributed by atoms with Gasteiger partial charge >= 0.3 is 0 Å². The number of benzene rings is 1. The lowest BCUT2D eigenvalue weighted by atomic mass is 10.1. The zero-order chi connectivity index (χ0) is 17.3. The Morgan fingerprint density at radius 2 is 2.12 bits per heavy atom. The predicted molar refractivity (Wildman–Crippen MR) is 88.1 cm³/mol. The normalized spacial score (nSPS) is 17.3. The van der Waals surface area contributed by atoms with E-state index in [0.29, 0.717) is 29.2 Å². The van der Waals surface area contributed by atoms with Crippen LogP contribution in [0.1, 0.15) is 41.5 Å². The Balaban J connectivity index is 1.84. The van der Waals surface area contributed by atoms with Crippen molar-refractivity contribution in [1.29, 1.82) is 0 Å². The van der Waals surface area contributed by atoms with Crippen LogP contribution in [0.25, 0.3) is 0 Å². The van der Waals surface area contributed by atoms with E-state index in [1.54, 1.807) is 36.9 Å². The number of amides is 1. The summed E-state index contributed by atoms with van der Waals surface area (Å²) in [5.74, 6) is -0.00901. The van der Waals surface area contributed by atoms with Crippen molar-refractivity contribution in [3.8, 4) is 0 Å². The summed E-state index contributed by atoms with van der Waals surface area (Å²) in [5, 5.41) is 0. The molecule has 1 aliphatic heterocycles. The summed E-state index contributed by atoms with van der Waals surface area (Å²) in [7, 11) is 0. The number of H-pyrrole nitrogens is 1. The Morgan fingerprint density at radius 1 is 1.38 bits per heavy atom. The average molecular weight is 329 g/mol. The second kappa shape index (κ2) is 6.55. The molecule has 3 rings (SSSR count). The van der Waals surface area contributed by atoms with Gasteiger partial charge in [0.25, 0.3) is 5.56 Å². The van der Waals surface area contributed by atoms with Gasteiger partial charge in [0.2, 0.25) is 5.91 Å². The van der Waals surface area contributed by atoms with Crippen LogP contribution in [0.15, 0.2) is 29.1 Å². The van der Waals surface area contributed by atoms with Gasteiger partial charge in [0.05, 0.1) is 12.5 Å². The molecule has 0 aliphatic carbocycles. The number of aromatic amines is 1. The maximum atomic E-state index is 13.8. The number of carbonyl (C=O) groups excluding carboxylic acids is 1. The van der Waals surface area contributed by atoms with Crippen molar-refractivity contribution in [3.05, 3.63) is 63.1 Å². The number of aryl methyl sites for hydroxylation is 1. The average Bonchev–Trinajstić information content (AvgIpc) is 3.04. The molecule has 0 spiro atoms. The fourth-order valence-electron chi connectivity index (χ4n) is 3.08. The summed E-state index contributed by atoms with van der Waals surface area (Å²) in [5.41, 5.74) is 1.46. The van der Waals surface area contributed by atoms with Crippen LogP contribution < -0.4 is 5.56 Å². The third-order valence-corrected chi connectivity index (χ3v) is 4.60. The minimum atomic E-state index is -0.376. The Bertz CT molecular complexity index is 831. The fraction of sp³-hybridized carbons (Fsp3) is 0.389. The van der Waals surface area contributed by atoms with Crippen LogP contribution in [0.5, 0.6) is 0 Å². The van der Waals surface area contributed by atoms with Crippen LogP contribution in [-0.4, -0.2) is 27.3 Å². The van der Waals surface area contributed by atoms with E-state index in [2.05, 4.69) is 9.97 Å². The molecule has 1 amide bonds. The molecule has 126 valence electrons. The SMILES string of the molecule is Cc1nc([C@@H]2CCCN2C(=O)Cc2ccccc2F)[nH]c(=O)c1C. The van der Waals surface area contributed by atoms with Gasteiger partial charge in [-0.15, -0.1) is 0 Å². The topological polar surface area (TPSA) is 66.1 Å². The van der Waals surface area contributed by atoms with E-state index in [-0.39, 0.29) is 29.7 Å². The van der Waals surface area contributed by atoms with E-state index in [1.807, 2.05) is 0 Å². The lowest BCUT2D eigenvalue weighted by Crippen LogP contribution is -2.34. The number of halogens is 1. The number of hydrogen-bond donors (Lipinski definition) is 1. The molecule has 0 unspecified atom stereocenters. The quantitative estimate of drug-likeness (QED) is 0.940. The molecule has 0 saturated carbocycles. The van der Waals surface area contributed by atoms with Crippen LogP contribution in [0.4, 0.5) is 4.39 Å².